The molecule has 0 saturated heterocycles. The number of halogens is 1. The fourth-order valence-electron chi connectivity index (χ4n) is 1.45. The second kappa shape index (κ2) is 4.93. The van der Waals surface area contributed by atoms with E-state index in [0.717, 1.165) is 15.7 Å². The Labute approximate surface area is 107 Å². The number of aromatic nitrogens is 2. The van der Waals surface area contributed by atoms with Gasteiger partial charge in [0.15, 0.2) is 0 Å². The predicted molar refractivity (Wildman–Crippen MR) is 68.9 cm³/mol. The van der Waals surface area contributed by atoms with Gasteiger partial charge in [0.1, 0.15) is 18.2 Å². The molecule has 0 aliphatic rings. The largest absolute Gasteiger partial charge is 0.338 e. The van der Waals surface area contributed by atoms with Gasteiger partial charge in [-0.25, -0.2) is 9.97 Å². The van der Waals surface area contributed by atoms with Gasteiger partial charge >= 0.3 is 0 Å². The molecule has 1 aromatic heterocycles. The molecule has 2 aromatic rings. The van der Waals surface area contributed by atoms with Gasteiger partial charge in [0, 0.05) is 6.20 Å². The van der Waals surface area contributed by atoms with Crippen LogP contribution >= 0.6 is 15.9 Å². The Morgan fingerprint density at radius 1 is 1.41 bits per heavy atom. The quantitative estimate of drug-likeness (QED) is 0.922. The van der Waals surface area contributed by atoms with Crippen LogP contribution in [-0.4, -0.2) is 9.97 Å². The maximum absolute atomic E-state index is 9.11. The number of nitriles is 1. The summed E-state index contributed by atoms with van der Waals surface area (Å²) < 4.78 is 0.755. The van der Waals surface area contributed by atoms with Crippen molar-refractivity contribution in [2.75, 3.05) is 5.32 Å². The summed E-state index contributed by atoms with van der Waals surface area (Å²) in [6.07, 6.45) is 3.10. The highest BCUT2D eigenvalue weighted by molar-refractivity contribution is 9.10. The minimum Gasteiger partial charge on any atom is -0.338 e. The first-order chi connectivity index (χ1) is 8.22. The van der Waals surface area contributed by atoms with Crippen LogP contribution < -0.4 is 5.32 Å². The van der Waals surface area contributed by atoms with Crippen molar-refractivity contribution >= 4 is 27.4 Å². The molecule has 4 nitrogen and oxygen atoms in total. The van der Waals surface area contributed by atoms with Crippen molar-refractivity contribution in [2.45, 2.75) is 6.92 Å². The van der Waals surface area contributed by atoms with Crippen LogP contribution in [0.25, 0.3) is 0 Å². The van der Waals surface area contributed by atoms with Gasteiger partial charge < -0.3 is 5.32 Å². The summed E-state index contributed by atoms with van der Waals surface area (Å²) in [4.78, 5) is 7.98. The van der Waals surface area contributed by atoms with Gasteiger partial charge in [-0.15, -0.1) is 0 Å². The monoisotopic (exact) mass is 288 g/mol. The highest BCUT2D eigenvalue weighted by Crippen LogP contribution is 2.25. The van der Waals surface area contributed by atoms with Crippen LogP contribution in [0.15, 0.2) is 35.2 Å². The van der Waals surface area contributed by atoms with Crippen molar-refractivity contribution in [3.63, 3.8) is 0 Å². The summed E-state index contributed by atoms with van der Waals surface area (Å²) >= 11 is 3.35. The number of hydrogen-bond acceptors (Lipinski definition) is 4. The Balaban J connectivity index is 2.41. The first-order valence-corrected chi connectivity index (χ1v) is 5.74. The highest BCUT2D eigenvalue weighted by Gasteiger charge is 2.07. The number of anilines is 2. The summed E-state index contributed by atoms with van der Waals surface area (Å²) in [5.41, 5.74) is 2.30. The number of benzene rings is 1. The van der Waals surface area contributed by atoms with Crippen LogP contribution in [0.4, 0.5) is 11.5 Å². The van der Waals surface area contributed by atoms with E-state index in [0.29, 0.717) is 11.4 Å². The smallest absolute Gasteiger partial charge is 0.148 e. The molecule has 5 heteroatoms. The fourth-order valence-corrected chi connectivity index (χ4v) is 1.77. The van der Waals surface area contributed by atoms with Gasteiger partial charge in [-0.2, -0.15) is 5.26 Å². The van der Waals surface area contributed by atoms with E-state index in [4.69, 9.17) is 5.26 Å². The SMILES string of the molecule is Cc1cccc(Nc2ncncc2Br)c1C#N. The van der Waals surface area contributed by atoms with E-state index < -0.39 is 0 Å². The van der Waals surface area contributed by atoms with Crippen molar-refractivity contribution < 1.29 is 0 Å². The first-order valence-electron chi connectivity index (χ1n) is 4.94. The Hall–Kier alpha value is -1.93. The molecular weight excluding hydrogens is 280 g/mol. The molecule has 0 spiro atoms. The molecule has 0 radical (unpaired) electrons. The molecular formula is C12H9BrN4. The summed E-state index contributed by atoms with van der Waals surface area (Å²) in [5, 5.41) is 12.2. The van der Waals surface area contributed by atoms with Crippen LogP contribution in [0.5, 0.6) is 0 Å². The molecule has 17 heavy (non-hydrogen) atoms. The molecule has 0 bridgehead atoms. The van der Waals surface area contributed by atoms with Gasteiger partial charge in [0.05, 0.1) is 15.7 Å². The molecule has 2 rings (SSSR count). The lowest BCUT2D eigenvalue weighted by Gasteiger charge is -2.09. The average molecular weight is 289 g/mol. The summed E-state index contributed by atoms with van der Waals surface area (Å²) in [7, 11) is 0. The zero-order valence-corrected chi connectivity index (χ0v) is 10.7. The molecule has 1 N–H and O–H groups in total. The predicted octanol–water partition coefficient (Wildman–Crippen LogP) is 3.16. The lowest BCUT2D eigenvalue weighted by atomic mass is 10.1. The number of rotatable bonds is 2. The summed E-state index contributed by atoms with van der Waals surface area (Å²) in [6, 6.07) is 7.83. The minimum absolute atomic E-state index is 0.623. The normalized spacial score (nSPS) is 9.71. The van der Waals surface area contributed by atoms with Gasteiger partial charge in [-0.3, -0.25) is 0 Å². The first kappa shape index (κ1) is 11.6. The molecule has 84 valence electrons. The van der Waals surface area contributed by atoms with E-state index >= 15 is 0 Å². The number of aryl methyl sites for hydroxylation is 1. The van der Waals surface area contributed by atoms with E-state index in [1.54, 1.807) is 6.20 Å². The van der Waals surface area contributed by atoms with Crippen molar-refractivity contribution in [3.05, 3.63) is 46.3 Å². The number of nitrogens with one attached hydrogen (secondary N) is 1. The van der Waals surface area contributed by atoms with Crippen LogP contribution in [0.2, 0.25) is 0 Å². The van der Waals surface area contributed by atoms with Crippen LogP contribution in [0, 0.1) is 18.3 Å². The van der Waals surface area contributed by atoms with Crippen molar-refractivity contribution in [2.24, 2.45) is 0 Å². The fraction of sp³-hybridized carbons (Fsp3) is 0.0833. The van der Waals surface area contributed by atoms with Crippen molar-refractivity contribution in [1.29, 1.82) is 5.26 Å². The Kier molecular flexibility index (Phi) is 3.35. The Morgan fingerprint density at radius 3 is 2.94 bits per heavy atom. The molecule has 0 fully saturated rings. The lowest BCUT2D eigenvalue weighted by Crippen LogP contribution is -1.98. The molecule has 0 aliphatic heterocycles. The van der Waals surface area contributed by atoms with Gasteiger partial charge in [-0.1, -0.05) is 12.1 Å². The van der Waals surface area contributed by atoms with E-state index in [1.807, 2.05) is 25.1 Å². The third-order valence-corrected chi connectivity index (χ3v) is 2.89. The third-order valence-electron chi connectivity index (χ3n) is 2.31. The highest BCUT2D eigenvalue weighted by atomic mass is 79.9. The van der Waals surface area contributed by atoms with E-state index in [2.05, 4.69) is 37.3 Å². The third kappa shape index (κ3) is 2.43. The number of nitrogens with zero attached hydrogens (tertiary/aromatic N) is 3. The van der Waals surface area contributed by atoms with Gasteiger partial charge in [0.2, 0.25) is 0 Å². The standard InChI is InChI=1S/C12H9BrN4/c1-8-3-2-4-11(9(8)5-14)17-12-10(13)6-15-7-16-12/h2-4,6-7H,1H3,(H,15,16,17). The zero-order chi connectivity index (χ0) is 12.3. The molecule has 0 amide bonds. The molecule has 0 atom stereocenters. The molecule has 0 aliphatic carbocycles. The molecule has 1 aromatic carbocycles. The molecule has 0 saturated carbocycles. The van der Waals surface area contributed by atoms with E-state index in [1.165, 1.54) is 6.33 Å². The van der Waals surface area contributed by atoms with Gasteiger partial charge in [-0.05, 0) is 34.5 Å². The Bertz CT molecular complexity index is 589. The Morgan fingerprint density at radius 2 is 2.24 bits per heavy atom. The topological polar surface area (TPSA) is 61.6 Å². The number of hydrogen-bond donors (Lipinski definition) is 1. The second-order valence-electron chi connectivity index (χ2n) is 3.45. The van der Waals surface area contributed by atoms with E-state index in [9.17, 15) is 0 Å². The minimum atomic E-state index is 0.623. The van der Waals surface area contributed by atoms with Gasteiger partial charge in [0.25, 0.3) is 0 Å². The molecule has 0 unspecified atom stereocenters. The van der Waals surface area contributed by atoms with Crippen LogP contribution in [-0.2, 0) is 0 Å². The zero-order valence-electron chi connectivity index (χ0n) is 9.11. The van der Waals surface area contributed by atoms with Crippen molar-refractivity contribution in [3.8, 4) is 6.07 Å². The van der Waals surface area contributed by atoms with E-state index in [-0.39, 0.29) is 0 Å². The maximum Gasteiger partial charge on any atom is 0.148 e. The second-order valence-corrected chi connectivity index (χ2v) is 4.31. The van der Waals surface area contributed by atoms with Crippen molar-refractivity contribution in [1.82, 2.24) is 9.97 Å². The maximum atomic E-state index is 9.11. The summed E-state index contributed by atoms with van der Waals surface area (Å²) in [5.74, 6) is 0.641. The average Bonchev–Trinajstić information content (AvgIpc) is 2.32. The summed E-state index contributed by atoms with van der Waals surface area (Å²) in [6.45, 7) is 1.90. The van der Waals surface area contributed by atoms with Crippen LogP contribution in [0.1, 0.15) is 11.1 Å². The van der Waals surface area contributed by atoms with Crippen LogP contribution in [0.3, 0.4) is 0 Å². The lowest BCUT2D eigenvalue weighted by molar-refractivity contribution is 1.15. The molecule has 1 heterocycles.